The molecule has 0 radical (unpaired) electrons. The van der Waals surface area contributed by atoms with E-state index in [0.717, 1.165) is 37.3 Å². The maximum absolute atomic E-state index is 12.0. The zero-order valence-corrected chi connectivity index (χ0v) is 13.1. The van der Waals surface area contributed by atoms with E-state index in [1.54, 1.807) is 24.3 Å². The van der Waals surface area contributed by atoms with Crippen molar-refractivity contribution in [2.45, 2.75) is 33.6 Å². The van der Waals surface area contributed by atoms with Gasteiger partial charge in [-0.25, -0.2) is 0 Å². The predicted octanol–water partition coefficient (Wildman–Crippen LogP) is 2.71. The van der Waals surface area contributed by atoms with E-state index in [2.05, 4.69) is 29.4 Å². The third kappa shape index (κ3) is 6.90. The lowest BCUT2D eigenvalue weighted by atomic mass is 10.2. The Balaban J connectivity index is 2.48. The van der Waals surface area contributed by atoms with Gasteiger partial charge in [0.15, 0.2) is 0 Å². The van der Waals surface area contributed by atoms with Gasteiger partial charge in [0.1, 0.15) is 0 Å². The summed E-state index contributed by atoms with van der Waals surface area (Å²) in [7, 11) is 0. The zero-order valence-electron chi connectivity index (χ0n) is 13.1. The van der Waals surface area contributed by atoms with Crippen LogP contribution in [0.3, 0.4) is 0 Å². The van der Waals surface area contributed by atoms with Crippen LogP contribution in [0.5, 0.6) is 0 Å². The summed E-state index contributed by atoms with van der Waals surface area (Å²) in [5.41, 5.74) is 1.46. The number of hydrogen-bond acceptors (Lipinski definition) is 3. The van der Waals surface area contributed by atoms with Crippen LogP contribution in [-0.2, 0) is 9.59 Å². The number of carbonyl (C=O) groups excluding carboxylic acids is 2. The van der Waals surface area contributed by atoms with Gasteiger partial charge in [-0.2, -0.15) is 0 Å². The fraction of sp³-hybridized carbons (Fsp3) is 0.500. The van der Waals surface area contributed by atoms with Gasteiger partial charge in [-0.3, -0.25) is 14.5 Å². The molecule has 0 spiro atoms. The lowest BCUT2D eigenvalue weighted by Crippen LogP contribution is -2.33. The third-order valence-corrected chi connectivity index (χ3v) is 3.13. The summed E-state index contributed by atoms with van der Waals surface area (Å²) in [5, 5.41) is 5.56. The molecule has 0 heterocycles. The molecule has 1 aromatic rings. The molecule has 0 aliphatic heterocycles. The number of nitrogens with zero attached hydrogens (tertiary/aromatic N) is 1. The summed E-state index contributed by atoms with van der Waals surface area (Å²) in [6, 6.07) is 7.11. The molecule has 5 heteroatoms. The van der Waals surface area contributed by atoms with E-state index < -0.39 is 0 Å². The van der Waals surface area contributed by atoms with Gasteiger partial charge in [0.05, 0.1) is 6.54 Å². The molecule has 116 valence electrons. The standard InChI is InChI=1S/C16H25N3O2/c1-4-6-11-19(5-2)12-16(21)18-15-9-7-14(8-10-15)17-13(3)20/h7-10H,4-6,11-12H2,1-3H3,(H,17,20)(H,18,21). The number of carbonyl (C=O) groups is 2. The minimum atomic E-state index is -0.110. The third-order valence-electron chi connectivity index (χ3n) is 3.13. The SMILES string of the molecule is CCCCN(CC)CC(=O)Nc1ccc(NC(C)=O)cc1. The van der Waals surface area contributed by atoms with E-state index in [-0.39, 0.29) is 11.8 Å². The normalized spacial score (nSPS) is 10.5. The van der Waals surface area contributed by atoms with Crippen LogP contribution in [0, 0.1) is 0 Å². The van der Waals surface area contributed by atoms with E-state index >= 15 is 0 Å². The molecule has 0 bridgehead atoms. The highest BCUT2D eigenvalue weighted by Gasteiger charge is 2.08. The first kappa shape index (κ1) is 17.2. The summed E-state index contributed by atoms with van der Waals surface area (Å²) < 4.78 is 0. The number of likely N-dealkylation sites (N-methyl/N-ethyl adjacent to an activating group) is 1. The van der Waals surface area contributed by atoms with Gasteiger partial charge in [-0.05, 0) is 43.8 Å². The highest BCUT2D eigenvalue weighted by atomic mass is 16.2. The van der Waals surface area contributed by atoms with E-state index in [4.69, 9.17) is 0 Å². The van der Waals surface area contributed by atoms with Gasteiger partial charge in [-0.1, -0.05) is 20.3 Å². The molecule has 0 atom stereocenters. The minimum Gasteiger partial charge on any atom is -0.326 e. The van der Waals surface area contributed by atoms with Crippen LogP contribution in [0.1, 0.15) is 33.6 Å². The van der Waals surface area contributed by atoms with Gasteiger partial charge < -0.3 is 10.6 Å². The first-order valence-corrected chi connectivity index (χ1v) is 7.45. The lowest BCUT2D eigenvalue weighted by molar-refractivity contribution is -0.117. The topological polar surface area (TPSA) is 61.4 Å². The van der Waals surface area contributed by atoms with Crippen LogP contribution in [0.4, 0.5) is 11.4 Å². The Labute approximate surface area is 126 Å². The summed E-state index contributed by atoms with van der Waals surface area (Å²) in [4.78, 5) is 25.0. The average Bonchev–Trinajstić information content (AvgIpc) is 2.45. The summed E-state index contributed by atoms with van der Waals surface area (Å²) in [6.45, 7) is 7.89. The molecular formula is C16H25N3O2. The molecule has 0 saturated heterocycles. The van der Waals surface area contributed by atoms with Crippen LogP contribution in [-0.4, -0.2) is 36.3 Å². The van der Waals surface area contributed by atoms with Crippen LogP contribution in [0.25, 0.3) is 0 Å². The van der Waals surface area contributed by atoms with E-state index in [0.29, 0.717) is 6.54 Å². The van der Waals surface area contributed by atoms with E-state index in [9.17, 15) is 9.59 Å². The number of nitrogens with one attached hydrogen (secondary N) is 2. The fourth-order valence-electron chi connectivity index (χ4n) is 1.97. The Morgan fingerprint density at radius 2 is 1.62 bits per heavy atom. The fourth-order valence-corrected chi connectivity index (χ4v) is 1.97. The van der Waals surface area contributed by atoms with Crippen LogP contribution in [0.15, 0.2) is 24.3 Å². The monoisotopic (exact) mass is 291 g/mol. The van der Waals surface area contributed by atoms with Crippen LogP contribution < -0.4 is 10.6 Å². The molecule has 0 unspecified atom stereocenters. The molecule has 0 aromatic heterocycles. The van der Waals surface area contributed by atoms with E-state index in [1.165, 1.54) is 6.92 Å². The number of unbranched alkanes of at least 4 members (excludes halogenated alkanes) is 1. The highest BCUT2D eigenvalue weighted by Crippen LogP contribution is 2.13. The molecule has 0 aliphatic rings. The molecule has 1 rings (SSSR count). The Hall–Kier alpha value is -1.88. The largest absolute Gasteiger partial charge is 0.326 e. The van der Waals surface area contributed by atoms with Gasteiger partial charge >= 0.3 is 0 Å². The molecule has 21 heavy (non-hydrogen) atoms. The number of benzene rings is 1. The number of rotatable bonds is 8. The maximum Gasteiger partial charge on any atom is 0.238 e. The predicted molar refractivity (Wildman–Crippen MR) is 86.4 cm³/mol. The molecule has 2 amide bonds. The maximum atomic E-state index is 12.0. The number of amides is 2. The second-order valence-electron chi connectivity index (χ2n) is 5.03. The molecule has 0 fully saturated rings. The van der Waals surface area contributed by atoms with Crippen molar-refractivity contribution in [3.63, 3.8) is 0 Å². The number of anilines is 2. The Bertz CT molecular complexity index is 457. The van der Waals surface area contributed by atoms with Crippen molar-refractivity contribution in [3.05, 3.63) is 24.3 Å². The second kappa shape index (κ2) is 9.13. The van der Waals surface area contributed by atoms with Crippen molar-refractivity contribution in [1.82, 2.24) is 4.90 Å². The Morgan fingerprint density at radius 1 is 1.05 bits per heavy atom. The molecule has 1 aromatic carbocycles. The second-order valence-corrected chi connectivity index (χ2v) is 5.03. The van der Waals surface area contributed by atoms with Crippen molar-refractivity contribution >= 4 is 23.2 Å². The van der Waals surface area contributed by atoms with Gasteiger partial charge in [0.2, 0.25) is 11.8 Å². The van der Waals surface area contributed by atoms with Gasteiger partial charge in [0, 0.05) is 18.3 Å². The van der Waals surface area contributed by atoms with Crippen molar-refractivity contribution in [2.24, 2.45) is 0 Å². The Kier molecular flexibility index (Phi) is 7.46. The highest BCUT2D eigenvalue weighted by molar-refractivity contribution is 5.93. The molecule has 0 aliphatic carbocycles. The Morgan fingerprint density at radius 3 is 2.10 bits per heavy atom. The average molecular weight is 291 g/mol. The number of hydrogen-bond donors (Lipinski definition) is 2. The summed E-state index contributed by atoms with van der Waals surface area (Å²) in [6.07, 6.45) is 2.23. The quantitative estimate of drug-likeness (QED) is 0.774. The van der Waals surface area contributed by atoms with Crippen molar-refractivity contribution in [3.8, 4) is 0 Å². The lowest BCUT2D eigenvalue weighted by Gasteiger charge is -2.19. The van der Waals surface area contributed by atoms with Crippen molar-refractivity contribution < 1.29 is 9.59 Å². The summed E-state index contributed by atoms with van der Waals surface area (Å²) in [5.74, 6) is -0.124. The first-order valence-electron chi connectivity index (χ1n) is 7.45. The van der Waals surface area contributed by atoms with Crippen molar-refractivity contribution in [1.29, 1.82) is 0 Å². The smallest absolute Gasteiger partial charge is 0.238 e. The first-order chi connectivity index (χ1) is 10.0. The molecular weight excluding hydrogens is 266 g/mol. The minimum absolute atomic E-state index is 0.0137. The summed E-state index contributed by atoms with van der Waals surface area (Å²) >= 11 is 0. The van der Waals surface area contributed by atoms with Crippen LogP contribution >= 0.6 is 0 Å². The van der Waals surface area contributed by atoms with E-state index in [1.807, 2.05) is 0 Å². The van der Waals surface area contributed by atoms with Gasteiger partial charge in [0.25, 0.3) is 0 Å². The van der Waals surface area contributed by atoms with Crippen molar-refractivity contribution in [2.75, 3.05) is 30.3 Å². The molecule has 0 saturated carbocycles. The molecule has 5 nitrogen and oxygen atoms in total. The van der Waals surface area contributed by atoms with Gasteiger partial charge in [-0.15, -0.1) is 0 Å². The zero-order chi connectivity index (χ0) is 15.7. The van der Waals surface area contributed by atoms with Crippen LogP contribution in [0.2, 0.25) is 0 Å². The molecule has 2 N–H and O–H groups in total.